The van der Waals surface area contributed by atoms with Crippen molar-refractivity contribution >= 4 is 8.32 Å². The molecule has 4 aliphatic carbocycles. The quantitative estimate of drug-likeness (QED) is 0.384. The Balaban J connectivity index is 1.49. The molecule has 0 aromatic rings. The van der Waals surface area contributed by atoms with E-state index in [1.165, 1.54) is 76.4 Å². The van der Waals surface area contributed by atoms with Crippen LogP contribution in [0.25, 0.3) is 0 Å². The van der Waals surface area contributed by atoms with Crippen molar-refractivity contribution in [3.05, 3.63) is 11.8 Å². The predicted molar refractivity (Wildman–Crippen MR) is 136 cm³/mol. The number of allylic oxidation sites excluding steroid dienone is 2. The zero-order valence-electron chi connectivity index (χ0n) is 22.2. The van der Waals surface area contributed by atoms with Gasteiger partial charge in [-0.15, -0.1) is 0 Å². The Bertz CT molecular complexity index is 687. The molecule has 0 aliphatic heterocycles. The summed E-state index contributed by atoms with van der Waals surface area (Å²) in [5, 5.41) is 0.289. The highest BCUT2D eigenvalue weighted by Crippen LogP contribution is 2.67. The number of fused-ring (bicyclic) bond motifs is 5. The molecule has 0 spiro atoms. The summed E-state index contributed by atoms with van der Waals surface area (Å²) < 4.78 is 6.81. The van der Waals surface area contributed by atoms with Gasteiger partial charge in [-0.2, -0.15) is 0 Å². The average molecular weight is 445 g/mol. The third kappa shape index (κ3) is 3.99. The highest BCUT2D eigenvalue weighted by molar-refractivity contribution is 6.74. The molecular weight excluding hydrogens is 392 g/mol. The summed E-state index contributed by atoms with van der Waals surface area (Å²) >= 11 is 0. The van der Waals surface area contributed by atoms with Crippen molar-refractivity contribution in [2.75, 3.05) is 0 Å². The first-order chi connectivity index (χ1) is 14.4. The van der Waals surface area contributed by atoms with Crippen LogP contribution in [0.4, 0.5) is 0 Å². The molecule has 0 N–H and O–H groups in total. The van der Waals surface area contributed by atoms with Crippen molar-refractivity contribution in [3.8, 4) is 0 Å². The normalized spacial score (nSPS) is 43.0. The van der Waals surface area contributed by atoms with Crippen LogP contribution in [-0.2, 0) is 4.43 Å². The van der Waals surface area contributed by atoms with E-state index in [1.807, 2.05) is 0 Å². The van der Waals surface area contributed by atoms with E-state index < -0.39 is 8.32 Å². The summed E-state index contributed by atoms with van der Waals surface area (Å²) in [6.07, 6.45) is 18.4. The number of rotatable bonds is 5. The molecule has 0 heterocycles. The molecule has 0 saturated heterocycles. The zero-order chi connectivity index (χ0) is 22.7. The van der Waals surface area contributed by atoms with Crippen LogP contribution in [0.1, 0.15) is 112 Å². The van der Waals surface area contributed by atoms with Gasteiger partial charge in [-0.3, -0.25) is 0 Å². The maximum absolute atomic E-state index is 6.81. The van der Waals surface area contributed by atoms with Gasteiger partial charge in [0.1, 0.15) is 0 Å². The van der Waals surface area contributed by atoms with E-state index >= 15 is 0 Å². The van der Waals surface area contributed by atoms with Gasteiger partial charge < -0.3 is 4.43 Å². The highest BCUT2D eigenvalue weighted by Gasteiger charge is 2.59. The van der Waals surface area contributed by atoms with Crippen molar-refractivity contribution in [3.63, 3.8) is 0 Å². The Morgan fingerprint density at radius 2 is 1.71 bits per heavy atom. The standard InChI is InChI=1S/C29H52OSi/c1-9-10-11-21-13-15-25-24-14-12-22-20-23(30-31(7,8)27(2,3)4)16-18-29(22,6)26(24)17-19-28(21,25)5/h16,21-22,24-26H,9-15,17-20H2,1-8H3/t21-,22-,24-,25-,26-,28+,29-/m0/s1. The van der Waals surface area contributed by atoms with Gasteiger partial charge in [0.05, 0.1) is 5.76 Å². The molecule has 178 valence electrons. The van der Waals surface area contributed by atoms with Crippen molar-refractivity contribution < 1.29 is 4.43 Å². The first-order valence-corrected chi connectivity index (χ1v) is 16.7. The van der Waals surface area contributed by atoms with Crippen LogP contribution in [-0.4, -0.2) is 8.32 Å². The third-order valence-corrected chi connectivity index (χ3v) is 16.0. The van der Waals surface area contributed by atoms with E-state index in [0.29, 0.717) is 10.8 Å². The molecule has 0 aromatic carbocycles. The lowest BCUT2D eigenvalue weighted by Crippen LogP contribution is -2.52. The molecule has 0 amide bonds. The maximum atomic E-state index is 6.81. The average Bonchev–Trinajstić information content (AvgIpc) is 3.02. The predicted octanol–water partition coefficient (Wildman–Crippen LogP) is 9.35. The minimum Gasteiger partial charge on any atom is -0.547 e. The van der Waals surface area contributed by atoms with Gasteiger partial charge >= 0.3 is 0 Å². The van der Waals surface area contributed by atoms with E-state index in [9.17, 15) is 0 Å². The number of hydrogen-bond donors (Lipinski definition) is 0. The van der Waals surface area contributed by atoms with Crippen LogP contribution in [0, 0.1) is 40.4 Å². The fraction of sp³-hybridized carbons (Fsp3) is 0.931. The lowest BCUT2D eigenvalue weighted by molar-refractivity contribution is -0.1000. The second-order valence-electron chi connectivity index (χ2n) is 14.1. The summed E-state index contributed by atoms with van der Waals surface area (Å²) in [5.74, 6) is 6.19. The molecule has 3 saturated carbocycles. The number of hydrogen-bond acceptors (Lipinski definition) is 1. The van der Waals surface area contributed by atoms with E-state index in [2.05, 4.69) is 60.7 Å². The Kier molecular flexibility index (Phi) is 6.33. The summed E-state index contributed by atoms with van der Waals surface area (Å²) in [4.78, 5) is 0. The van der Waals surface area contributed by atoms with E-state index in [4.69, 9.17) is 4.43 Å². The lowest BCUT2D eigenvalue weighted by atomic mass is 9.45. The van der Waals surface area contributed by atoms with Crippen molar-refractivity contribution in [2.24, 2.45) is 40.4 Å². The molecular formula is C29H52OSi. The monoisotopic (exact) mass is 444 g/mol. The van der Waals surface area contributed by atoms with Gasteiger partial charge in [0.25, 0.3) is 0 Å². The second-order valence-corrected chi connectivity index (χ2v) is 18.8. The maximum Gasteiger partial charge on any atom is 0.250 e. The zero-order valence-corrected chi connectivity index (χ0v) is 23.2. The van der Waals surface area contributed by atoms with Crippen LogP contribution in [0.15, 0.2) is 11.8 Å². The van der Waals surface area contributed by atoms with Crippen LogP contribution in [0.5, 0.6) is 0 Å². The van der Waals surface area contributed by atoms with Gasteiger partial charge in [-0.1, -0.05) is 54.4 Å². The van der Waals surface area contributed by atoms with E-state index in [1.54, 1.807) is 0 Å². The molecule has 2 heteroatoms. The fourth-order valence-corrected chi connectivity index (χ4v) is 9.57. The fourth-order valence-electron chi connectivity index (χ4n) is 8.45. The van der Waals surface area contributed by atoms with Crippen molar-refractivity contribution in [1.29, 1.82) is 0 Å². The Morgan fingerprint density at radius 1 is 1.00 bits per heavy atom. The van der Waals surface area contributed by atoms with Crippen LogP contribution in [0.2, 0.25) is 18.1 Å². The largest absolute Gasteiger partial charge is 0.547 e. The molecule has 4 aliphatic rings. The number of unbranched alkanes of at least 4 members (excludes halogenated alkanes) is 1. The van der Waals surface area contributed by atoms with Crippen molar-refractivity contribution in [1.82, 2.24) is 0 Å². The minimum atomic E-state index is -1.72. The molecule has 0 bridgehead atoms. The van der Waals surface area contributed by atoms with Gasteiger partial charge in [0, 0.05) is 6.42 Å². The van der Waals surface area contributed by atoms with Crippen LogP contribution >= 0.6 is 0 Å². The Hall–Kier alpha value is -0.243. The highest BCUT2D eigenvalue weighted by atomic mass is 28.4. The first-order valence-electron chi connectivity index (χ1n) is 13.8. The minimum absolute atomic E-state index is 0.289. The van der Waals surface area contributed by atoms with E-state index in [0.717, 1.165) is 29.6 Å². The molecule has 7 atom stereocenters. The van der Waals surface area contributed by atoms with Crippen LogP contribution in [0.3, 0.4) is 0 Å². The summed E-state index contributed by atoms with van der Waals surface area (Å²) in [7, 11) is -1.72. The summed E-state index contributed by atoms with van der Waals surface area (Å²) in [6.45, 7) is 19.7. The topological polar surface area (TPSA) is 9.23 Å². The molecule has 31 heavy (non-hydrogen) atoms. The van der Waals surface area contributed by atoms with Gasteiger partial charge in [-0.25, -0.2) is 0 Å². The third-order valence-electron chi connectivity index (χ3n) is 11.6. The molecule has 0 unspecified atom stereocenters. The van der Waals surface area contributed by atoms with Gasteiger partial charge in [-0.05, 0) is 116 Å². The molecule has 1 nitrogen and oxygen atoms in total. The van der Waals surface area contributed by atoms with Gasteiger partial charge in [0.2, 0.25) is 8.32 Å². The lowest BCUT2D eigenvalue weighted by Gasteiger charge is -2.60. The van der Waals surface area contributed by atoms with Gasteiger partial charge in [0.15, 0.2) is 0 Å². The Labute approximate surface area is 195 Å². The first kappa shape index (κ1) is 23.9. The molecule has 0 aromatic heterocycles. The van der Waals surface area contributed by atoms with Crippen LogP contribution < -0.4 is 0 Å². The van der Waals surface area contributed by atoms with Crippen molar-refractivity contribution in [2.45, 2.75) is 130 Å². The summed E-state index contributed by atoms with van der Waals surface area (Å²) in [5.41, 5.74) is 1.17. The Morgan fingerprint density at radius 3 is 2.39 bits per heavy atom. The smallest absolute Gasteiger partial charge is 0.250 e. The molecule has 0 radical (unpaired) electrons. The molecule has 4 rings (SSSR count). The van der Waals surface area contributed by atoms with E-state index in [-0.39, 0.29) is 5.04 Å². The SMILES string of the molecule is CCCC[C@H]1CC[C@H]2[C@@H]3CC[C@H]4CC(O[Si](C)(C)C(C)(C)C)=CC[C@]4(C)[C@H]3CC[C@]12C. The summed E-state index contributed by atoms with van der Waals surface area (Å²) in [6, 6.07) is 0. The second kappa shape index (κ2) is 8.21. The molecule has 3 fully saturated rings.